The molecule has 3 nitrogen and oxygen atoms in total. The summed E-state index contributed by atoms with van der Waals surface area (Å²) in [5.74, 6) is -0.148. The molecule has 0 unspecified atom stereocenters. The number of nitrogens with two attached hydrogens (primary N) is 1. The van der Waals surface area contributed by atoms with E-state index in [-0.39, 0.29) is 24.2 Å². The average Bonchev–Trinajstić information content (AvgIpc) is 2.85. The third-order valence-corrected chi connectivity index (χ3v) is 5.19. The van der Waals surface area contributed by atoms with E-state index >= 15 is 0 Å². The molecule has 2 N–H and O–H groups in total. The van der Waals surface area contributed by atoms with E-state index in [1.54, 1.807) is 12.3 Å². The van der Waals surface area contributed by atoms with Gasteiger partial charge in [0.25, 0.3) is 0 Å². The van der Waals surface area contributed by atoms with Crippen LogP contribution in [0.5, 0.6) is 0 Å². The van der Waals surface area contributed by atoms with E-state index in [1.165, 1.54) is 17.4 Å². The van der Waals surface area contributed by atoms with Crippen molar-refractivity contribution in [2.75, 3.05) is 13.1 Å². The Labute approximate surface area is 142 Å². The van der Waals surface area contributed by atoms with Crippen molar-refractivity contribution in [2.45, 2.75) is 6.04 Å². The Balaban J connectivity index is 0.00000161. The summed E-state index contributed by atoms with van der Waals surface area (Å²) in [5, 5.41) is 3.63. The number of carbonyl (C=O) groups excluding carboxylic acids is 1. The van der Waals surface area contributed by atoms with Gasteiger partial charge in [0.2, 0.25) is 0 Å². The molecule has 0 saturated carbocycles. The van der Waals surface area contributed by atoms with Crippen molar-refractivity contribution >= 4 is 62.8 Å². The monoisotopic (exact) mass is 362 g/mol. The minimum Gasteiger partial charge on any atom is -0.374 e. The topological polar surface area (TPSA) is 46.3 Å². The van der Waals surface area contributed by atoms with Gasteiger partial charge in [-0.2, -0.15) is 0 Å². The van der Waals surface area contributed by atoms with Gasteiger partial charge in [-0.1, -0.05) is 23.2 Å². The molecule has 0 atom stereocenters. The van der Waals surface area contributed by atoms with Gasteiger partial charge in [0.05, 0.1) is 14.7 Å². The van der Waals surface area contributed by atoms with Crippen LogP contribution in [0, 0.1) is 0 Å². The molecule has 1 fully saturated rings. The number of carbonyl (C=O) groups is 1. The number of thiophene rings is 1. The molecule has 3 rings (SSSR count). The van der Waals surface area contributed by atoms with E-state index in [4.69, 9.17) is 28.9 Å². The zero-order valence-electron chi connectivity index (χ0n) is 10.9. The quantitative estimate of drug-likeness (QED) is 0.663. The Bertz CT molecular complexity index is 708. The normalized spacial score (nSPS) is 15.3. The lowest BCUT2D eigenvalue weighted by Gasteiger charge is -2.35. The summed E-state index contributed by atoms with van der Waals surface area (Å²) in [6.45, 7) is 1.56. The summed E-state index contributed by atoms with van der Waals surface area (Å²) in [6.07, 6.45) is 3.27. The summed E-state index contributed by atoms with van der Waals surface area (Å²) in [7, 11) is 0. The fourth-order valence-electron chi connectivity index (χ4n) is 2.16. The second kappa shape index (κ2) is 6.55. The Hall–Kier alpha value is -0.780. The molecule has 7 heteroatoms. The van der Waals surface area contributed by atoms with Crippen LogP contribution in [0.4, 0.5) is 0 Å². The second-order valence-corrected chi connectivity index (χ2v) is 6.46. The first kappa shape index (κ1) is 16.6. The van der Waals surface area contributed by atoms with Gasteiger partial charge in [-0.05, 0) is 22.9 Å². The summed E-state index contributed by atoms with van der Waals surface area (Å²) >= 11 is 13.9. The second-order valence-electron chi connectivity index (χ2n) is 4.79. The SMILES string of the molecule is Cl.NC1CN(C=CC(=O)c2cc3ccsc3c(Cl)c2Cl)C1. The lowest BCUT2D eigenvalue weighted by atomic mass is 10.1. The van der Waals surface area contributed by atoms with Gasteiger partial charge < -0.3 is 10.6 Å². The maximum Gasteiger partial charge on any atom is 0.188 e. The van der Waals surface area contributed by atoms with Crippen molar-refractivity contribution in [3.8, 4) is 0 Å². The van der Waals surface area contributed by atoms with Gasteiger partial charge in [0, 0.05) is 37.0 Å². The van der Waals surface area contributed by atoms with E-state index in [0.717, 1.165) is 23.2 Å². The van der Waals surface area contributed by atoms with Gasteiger partial charge in [0.1, 0.15) is 0 Å². The molecule has 0 spiro atoms. The minimum absolute atomic E-state index is 0. The van der Waals surface area contributed by atoms with Crippen LogP contribution in [0.25, 0.3) is 10.1 Å². The lowest BCUT2D eigenvalue weighted by Crippen LogP contribution is -2.52. The van der Waals surface area contributed by atoms with Gasteiger partial charge in [-0.25, -0.2) is 0 Å². The standard InChI is InChI=1S/C14H12Cl2N2OS.ClH/c15-12-10(5-8-2-4-20-14(8)13(12)16)11(19)1-3-18-6-9(17)7-18;/h1-5,9H,6-7,17H2;1H. The van der Waals surface area contributed by atoms with E-state index in [0.29, 0.717) is 15.6 Å². The summed E-state index contributed by atoms with van der Waals surface area (Å²) in [5.41, 5.74) is 6.12. The van der Waals surface area contributed by atoms with Crippen molar-refractivity contribution in [1.29, 1.82) is 0 Å². The average molecular weight is 364 g/mol. The van der Waals surface area contributed by atoms with E-state index in [9.17, 15) is 4.79 Å². The lowest BCUT2D eigenvalue weighted by molar-refractivity contribution is 0.104. The van der Waals surface area contributed by atoms with Crippen molar-refractivity contribution in [3.63, 3.8) is 0 Å². The molecule has 0 radical (unpaired) electrons. The number of nitrogens with zero attached hydrogens (tertiary/aromatic N) is 1. The summed E-state index contributed by atoms with van der Waals surface area (Å²) < 4.78 is 0.908. The Morgan fingerprint density at radius 3 is 2.76 bits per heavy atom. The van der Waals surface area contributed by atoms with Crippen LogP contribution in [-0.2, 0) is 0 Å². The molecule has 21 heavy (non-hydrogen) atoms. The Morgan fingerprint density at radius 1 is 1.38 bits per heavy atom. The third kappa shape index (κ3) is 3.20. The highest BCUT2D eigenvalue weighted by molar-refractivity contribution is 7.18. The number of halogens is 3. The number of hydrogen-bond acceptors (Lipinski definition) is 4. The van der Waals surface area contributed by atoms with Gasteiger partial charge in [0.15, 0.2) is 5.78 Å². The molecule has 0 bridgehead atoms. The summed E-state index contributed by atoms with van der Waals surface area (Å²) in [6, 6.07) is 3.92. The third-order valence-electron chi connectivity index (χ3n) is 3.26. The first-order valence-electron chi connectivity index (χ1n) is 6.13. The zero-order chi connectivity index (χ0) is 14.3. The molecular weight excluding hydrogens is 351 g/mol. The zero-order valence-corrected chi connectivity index (χ0v) is 14.0. The molecular formula is C14H13Cl3N2OS. The maximum atomic E-state index is 12.2. The van der Waals surface area contributed by atoms with Crippen LogP contribution in [0.3, 0.4) is 0 Å². The molecule has 1 aromatic carbocycles. The number of likely N-dealkylation sites (tertiary alicyclic amines) is 1. The number of hydrogen-bond donors (Lipinski definition) is 1. The highest BCUT2D eigenvalue weighted by Crippen LogP contribution is 2.37. The fourth-order valence-corrected chi connectivity index (χ4v) is 3.62. The van der Waals surface area contributed by atoms with Gasteiger partial charge in [-0.15, -0.1) is 23.7 Å². The number of benzene rings is 1. The van der Waals surface area contributed by atoms with E-state index in [2.05, 4.69) is 0 Å². The van der Waals surface area contributed by atoms with Crippen LogP contribution in [0.1, 0.15) is 10.4 Å². The van der Waals surface area contributed by atoms with Crippen LogP contribution in [0.15, 0.2) is 29.8 Å². The van der Waals surface area contributed by atoms with Crippen molar-refractivity contribution in [2.24, 2.45) is 5.73 Å². The first-order chi connectivity index (χ1) is 9.56. The molecule has 1 aromatic heterocycles. The van der Waals surface area contributed by atoms with E-state index < -0.39 is 0 Å². The highest BCUT2D eigenvalue weighted by Gasteiger charge is 2.20. The fraction of sp³-hybridized carbons (Fsp3) is 0.214. The summed E-state index contributed by atoms with van der Waals surface area (Å²) in [4.78, 5) is 14.2. The van der Waals surface area contributed by atoms with Crippen LogP contribution in [0.2, 0.25) is 10.0 Å². The van der Waals surface area contributed by atoms with Crippen molar-refractivity contribution in [1.82, 2.24) is 4.90 Å². The Morgan fingerprint density at radius 2 is 2.10 bits per heavy atom. The molecule has 0 amide bonds. The predicted octanol–water partition coefficient (Wildman–Crippen LogP) is 3.97. The largest absolute Gasteiger partial charge is 0.374 e. The van der Waals surface area contributed by atoms with Crippen LogP contribution in [-0.4, -0.2) is 29.8 Å². The van der Waals surface area contributed by atoms with Crippen molar-refractivity contribution < 1.29 is 4.79 Å². The maximum absolute atomic E-state index is 12.2. The molecule has 0 aliphatic carbocycles. The number of ketones is 1. The molecule has 1 saturated heterocycles. The van der Waals surface area contributed by atoms with E-state index in [1.807, 2.05) is 16.3 Å². The smallest absolute Gasteiger partial charge is 0.188 e. The molecule has 1 aliphatic rings. The number of allylic oxidation sites excluding steroid dienone is 1. The highest BCUT2D eigenvalue weighted by atomic mass is 35.5. The first-order valence-corrected chi connectivity index (χ1v) is 7.77. The molecule has 1 aliphatic heterocycles. The number of fused-ring (bicyclic) bond motifs is 1. The molecule has 2 heterocycles. The molecule has 112 valence electrons. The van der Waals surface area contributed by atoms with Gasteiger partial charge in [-0.3, -0.25) is 4.79 Å². The van der Waals surface area contributed by atoms with Crippen LogP contribution < -0.4 is 5.73 Å². The Kier molecular flexibility index (Phi) is 5.17. The molecule has 2 aromatic rings. The van der Waals surface area contributed by atoms with Gasteiger partial charge >= 0.3 is 0 Å². The minimum atomic E-state index is -0.148. The van der Waals surface area contributed by atoms with Crippen LogP contribution >= 0.6 is 46.9 Å². The number of rotatable bonds is 3. The predicted molar refractivity (Wildman–Crippen MR) is 92.1 cm³/mol. The van der Waals surface area contributed by atoms with Crippen molar-refractivity contribution in [3.05, 3.63) is 45.4 Å².